The van der Waals surface area contributed by atoms with Gasteiger partial charge in [-0.25, -0.2) is 0 Å². The Balaban J connectivity index is 2.23. The van der Waals surface area contributed by atoms with E-state index in [4.69, 9.17) is 0 Å². The molecule has 0 aliphatic heterocycles. The number of hydrogen-bond donors (Lipinski definition) is 1. The maximum atomic E-state index is 12.2. The van der Waals surface area contributed by atoms with Gasteiger partial charge in [0.25, 0.3) is 5.91 Å². The Kier molecular flexibility index (Phi) is 4.77. The molecule has 19 heavy (non-hydrogen) atoms. The Hall–Kier alpha value is -1.13. The first-order valence-corrected chi connectivity index (χ1v) is 7.74. The van der Waals surface area contributed by atoms with Crippen molar-refractivity contribution in [1.29, 1.82) is 0 Å². The molecule has 2 rings (SSSR count). The lowest BCUT2D eigenvalue weighted by Gasteiger charge is -2.09. The van der Waals surface area contributed by atoms with E-state index >= 15 is 0 Å². The molecule has 0 atom stereocenters. The normalized spacial score (nSPS) is 10.3. The summed E-state index contributed by atoms with van der Waals surface area (Å²) in [5, 5.41) is 3.69. The zero-order chi connectivity index (χ0) is 13.8. The van der Waals surface area contributed by atoms with Crippen molar-refractivity contribution in [1.82, 2.24) is 0 Å². The average Bonchev–Trinajstić information content (AvgIpc) is 2.41. The molecule has 1 N–H and O–H groups in total. The molecule has 0 spiro atoms. The fraction of sp³-hybridized carbons (Fsp3) is 0.133. The predicted octanol–water partition coefficient (Wildman–Crippen LogP) is 4.90. The Morgan fingerprint density at radius 1 is 1.21 bits per heavy atom. The van der Waals surface area contributed by atoms with Crippen LogP contribution in [0.4, 0.5) is 5.69 Å². The average molecular weight is 383 g/mol. The smallest absolute Gasteiger partial charge is 0.255 e. The van der Waals surface area contributed by atoms with Gasteiger partial charge in [-0.1, -0.05) is 50.1 Å². The molecule has 0 saturated heterocycles. The molecule has 0 aliphatic rings. The number of hydrogen-bond acceptors (Lipinski definition) is 1. The van der Waals surface area contributed by atoms with E-state index in [1.165, 1.54) is 0 Å². The van der Waals surface area contributed by atoms with Crippen LogP contribution in [0.25, 0.3) is 0 Å². The molecule has 0 unspecified atom stereocenters. The van der Waals surface area contributed by atoms with Gasteiger partial charge in [0, 0.05) is 21.1 Å². The topological polar surface area (TPSA) is 29.1 Å². The Morgan fingerprint density at radius 2 is 2.00 bits per heavy atom. The van der Waals surface area contributed by atoms with Gasteiger partial charge >= 0.3 is 0 Å². The number of carbonyl (C=O) groups is 1. The maximum Gasteiger partial charge on any atom is 0.255 e. The first kappa shape index (κ1) is 14.3. The standard InChI is InChI=1S/C15H13Br2NO/c1-10-5-6-12(17)8-14(10)15(19)18-13-4-2-3-11(7-13)9-16/h2-8H,9H2,1H3,(H,18,19). The monoisotopic (exact) mass is 381 g/mol. The minimum Gasteiger partial charge on any atom is -0.322 e. The second kappa shape index (κ2) is 6.35. The molecule has 1 amide bonds. The third-order valence-electron chi connectivity index (χ3n) is 2.78. The van der Waals surface area contributed by atoms with Crippen LogP contribution in [0.1, 0.15) is 21.5 Å². The van der Waals surface area contributed by atoms with Gasteiger partial charge in [0.2, 0.25) is 0 Å². The van der Waals surface area contributed by atoms with Gasteiger partial charge in [-0.05, 0) is 42.3 Å². The van der Waals surface area contributed by atoms with Crippen molar-refractivity contribution >= 4 is 43.5 Å². The second-order valence-electron chi connectivity index (χ2n) is 4.25. The largest absolute Gasteiger partial charge is 0.322 e. The molecule has 0 saturated carbocycles. The van der Waals surface area contributed by atoms with Crippen molar-refractivity contribution in [3.05, 3.63) is 63.6 Å². The van der Waals surface area contributed by atoms with E-state index in [1.54, 1.807) is 0 Å². The number of anilines is 1. The van der Waals surface area contributed by atoms with Crippen LogP contribution in [-0.2, 0) is 5.33 Å². The molecule has 0 heterocycles. The molecular formula is C15H13Br2NO. The number of aryl methyl sites for hydroxylation is 1. The SMILES string of the molecule is Cc1ccc(Br)cc1C(=O)Nc1cccc(CBr)c1. The molecule has 98 valence electrons. The van der Waals surface area contributed by atoms with Gasteiger partial charge in [0.1, 0.15) is 0 Å². The highest BCUT2D eigenvalue weighted by Gasteiger charge is 2.09. The van der Waals surface area contributed by atoms with Gasteiger partial charge in [0.15, 0.2) is 0 Å². The molecule has 4 heteroatoms. The van der Waals surface area contributed by atoms with Crippen LogP contribution in [0, 0.1) is 6.92 Å². The van der Waals surface area contributed by atoms with Crippen molar-refractivity contribution in [3.63, 3.8) is 0 Å². The lowest BCUT2D eigenvalue weighted by molar-refractivity contribution is 0.102. The van der Waals surface area contributed by atoms with Gasteiger partial charge in [-0.2, -0.15) is 0 Å². The van der Waals surface area contributed by atoms with Crippen molar-refractivity contribution in [3.8, 4) is 0 Å². The fourth-order valence-electron chi connectivity index (χ4n) is 1.77. The van der Waals surface area contributed by atoms with Gasteiger partial charge in [0.05, 0.1) is 0 Å². The molecule has 0 bridgehead atoms. The molecule has 2 aromatic carbocycles. The zero-order valence-electron chi connectivity index (χ0n) is 10.4. The van der Waals surface area contributed by atoms with E-state index < -0.39 is 0 Å². The summed E-state index contributed by atoms with van der Waals surface area (Å²) in [7, 11) is 0. The quantitative estimate of drug-likeness (QED) is 0.751. The molecule has 0 fully saturated rings. The summed E-state index contributed by atoms with van der Waals surface area (Å²) in [5.41, 5.74) is 3.57. The van der Waals surface area contributed by atoms with Crippen molar-refractivity contribution < 1.29 is 4.79 Å². The fourth-order valence-corrected chi connectivity index (χ4v) is 2.48. The Labute approximate surface area is 129 Å². The minimum absolute atomic E-state index is 0.0921. The van der Waals surface area contributed by atoms with Crippen molar-refractivity contribution in [2.24, 2.45) is 0 Å². The van der Waals surface area contributed by atoms with Gasteiger partial charge in [-0.15, -0.1) is 0 Å². The van der Waals surface area contributed by atoms with E-state index in [0.29, 0.717) is 5.56 Å². The van der Waals surface area contributed by atoms with Gasteiger partial charge in [-0.3, -0.25) is 4.79 Å². The van der Waals surface area contributed by atoms with E-state index in [2.05, 4.69) is 37.2 Å². The number of amides is 1. The van der Waals surface area contributed by atoms with Crippen LogP contribution in [0.3, 0.4) is 0 Å². The van der Waals surface area contributed by atoms with Crippen LogP contribution >= 0.6 is 31.9 Å². The van der Waals surface area contributed by atoms with Gasteiger partial charge < -0.3 is 5.32 Å². The number of rotatable bonds is 3. The highest BCUT2D eigenvalue weighted by Crippen LogP contribution is 2.19. The van der Waals surface area contributed by atoms with Crippen LogP contribution < -0.4 is 5.32 Å². The van der Waals surface area contributed by atoms with E-state index in [9.17, 15) is 4.79 Å². The van der Waals surface area contributed by atoms with E-state index in [-0.39, 0.29) is 5.91 Å². The summed E-state index contributed by atoms with van der Waals surface area (Å²) < 4.78 is 0.900. The molecule has 2 nitrogen and oxygen atoms in total. The van der Waals surface area contributed by atoms with Crippen LogP contribution in [0.15, 0.2) is 46.9 Å². The number of alkyl halides is 1. The zero-order valence-corrected chi connectivity index (χ0v) is 13.6. The third kappa shape index (κ3) is 3.67. The maximum absolute atomic E-state index is 12.2. The van der Waals surface area contributed by atoms with Crippen LogP contribution in [-0.4, -0.2) is 5.91 Å². The minimum atomic E-state index is -0.0921. The second-order valence-corrected chi connectivity index (χ2v) is 5.72. The third-order valence-corrected chi connectivity index (χ3v) is 3.92. The van der Waals surface area contributed by atoms with Crippen LogP contribution in [0.2, 0.25) is 0 Å². The number of halogens is 2. The van der Waals surface area contributed by atoms with Crippen molar-refractivity contribution in [2.75, 3.05) is 5.32 Å². The molecule has 0 aromatic heterocycles. The highest BCUT2D eigenvalue weighted by atomic mass is 79.9. The van der Waals surface area contributed by atoms with Crippen LogP contribution in [0.5, 0.6) is 0 Å². The summed E-state index contributed by atoms with van der Waals surface area (Å²) in [4.78, 5) is 12.2. The number of carbonyl (C=O) groups excluding carboxylic acids is 1. The lowest BCUT2D eigenvalue weighted by atomic mass is 10.1. The summed E-state index contributed by atoms with van der Waals surface area (Å²) in [5.74, 6) is -0.0921. The molecule has 0 aliphatic carbocycles. The number of nitrogens with one attached hydrogen (secondary N) is 1. The first-order chi connectivity index (χ1) is 9.10. The van der Waals surface area contributed by atoms with E-state index in [1.807, 2.05) is 49.4 Å². The summed E-state index contributed by atoms with van der Waals surface area (Å²) in [6.07, 6.45) is 0. The lowest BCUT2D eigenvalue weighted by Crippen LogP contribution is -2.13. The molecule has 0 radical (unpaired) electrons. The predicted molar refractivity (Wildman–Crippen MR) is 85.9 cm³/mol. The molecule has 2 aromatic rings. The van der Waals surface area contributed by atoms with E-state index in [0.717, 1.165) is 26.6 Å². The Morgan fingerprint density at radius 3 is 2.74 bits per heavy atom. The Bertz CT molecular complexity index is 611. The number of benzene rings is 2. The summed E-state index contributed by atoms with van der Waals surface area (Å²) in [6, 6.07) is 13.5. The van der Waals surface area contributed by atoms with Crippen molar-refractivity contribution in [2.45, 2.75) is 12.3 Å². The summed E-state index contributed by atoms with van der Waals surface area (Å²) in [6.45, 7) is 1.93. The first-order valence-electron chi connectivity index (χ1n) is 5.82. The molecular weight excluding hydrogens is 370 g/mol. The highest BCUT2D eigenvalue weighted by molar-refractivity contribution is 9.10. The summed E-state index contributed by atoms with van der Waals surface area (Å²) >= 11 is 6.79.